The summed E-state index contributed by atoms with van der Waals surface area (Å²) < 4.78 is 5.72. The number of ether oxygens (including phenoxy) is 1. The largest absolute Gasteiger partial charge is 0.493 e. The van der Waals surface area contributed by atoms with Gasteiger partial charge in [0, 0.05) is 12.1 Å². The van der Waals surface area contributed by atoms with Crippen LogP contribution in [0.5, 0.6) is 5.75 Å². The molecule has 1 heterocycles. The molecule has 1 unspecified atom stereocenters. The lowest BCUT2D eigenvalue weighted by Crippen LogP contribution is -2.37. The summed E-state index contributed by atoms with van der Waals surface area (Å²) in [6.45, 7) is 1.22. The molecule has 2 amide bonds. The second-order valence-electron chi connectivity index (χ2n) is 5.39. The number of nitrogens with one attached hydrogen (secondary N) is 2. The second kappa shape index (κ2) is 6.98. The summed E-state index contributed by atoms with van der Waals surface area (Å²) in [7, 11) is 0. The molecule has 0 bridgehead atoms. The van der Waals surface area contributed by atoms with E-state index in [2.05, 4.69) is 10.6 Å². The van der Waals surface area contributed by atoms with Crippen LogP contribution in [0.15, 0.2) is 54.6 Å². The van der Waals surface area contributed by atoms with Gasteiger partial charge in [-0.1, -0.05) is 48.5 Å². The standard InChI is InChI=1S/C18H20N2O2/c21-18(19-13-14-7-2-1-3-8-14)20-16-10-6-12-22-17-11-5-4-9-15(16)17/h1-5,7-9,11,16H,6,10,12-13H2,(H2,19,20,21). The highest BCUT2D eigenvalue weighted by atomic mass is 16.5. The Morgan fingerprint density at radius 1 is 1.09 bits per heavy atom. The molecule has 0 spiro atoms. The lowest BCUT2D eigenvalue weighted by molar-refractivity contribution is 0.236. The maximum absolute atomic E-state index is 12.1. The zero-order valence-electron chi connectivity index (χ0n) is 12.4. The van der Waals surface area contributed by atoms with Gasteiger partial charge >= 0.3 is 6.03 Å². The van der Waals surface area contributed by atoms with Gasteiger partial charge in [0.2, 0.25) is 0 Å². The molecule has 2 N–H and O–H groups in total. The maximum atomic E-state index is 12.1. The van der Waals surface area contributed by atoms with E-state index in [0.29, 0.717) is 13.2 Å². The number of rotatable bonds is 3. The van der Waals surface area contributed by atoms with Crippen LogP contribution in [0.25, 0.3) is 0 Å². The van der Waals surface area contributed by atoms with Gasteiger partial charge in [-0.25, -0.2) is 4.79 Å². The van der Waals surface area contributed by atoms with Gasteiger partial charge in [-0.15, -0.1) is 0 Å². The first-order chi connectivity index (χ1) is 10.8. The van der Waals surface area contributed by atoms with Gasteiger partial charge in [-0.05, 0) is 24.5 Å². The zero-order valence-corrected chi connectivity index (χ0v) is 12.4. The fourth-order valence-corrected chi connectivity index (χ4v) is 2.66. The number of urea groups is 1. The summed E-state index contributed by atoms with van der Waals surface area (Å²) in [5, 5.41) is 5.96. The van der Waals surface area contributed by atoms with Crippen molar-refractivity contribution in [2.24, 2.45) is 0 Å². The van der Waals surface area contributed by atoms with Crippen LogP contribution < -0.4 is 15.4 Å². The highest BCUT2D eigenvalue weighted by Gasteiger charge is 2.20. The van der Waals surface area contributed by atoms with E-state index in [1.54, 1.807) is 0 Å². The van der Waals surface area contributed by atoms with Crippen molar-refractivity contribution in [1.29, 1.82) is 0 Å². The maximum Gasteiger partial charge on any atom is 0.315 e. The van der Waals surface area contributed by atoms with Crippen LogP contribution in [0.3, 0.4) is 0 Å². The van der Waals surface area contributed by atoms with Gasteiger partial charge in [0.1, 0.15) is 5.75 Å². The SMILES string of the molecule is O=C(NCc1ccccc1)NC1CCCOc2ccccc21. The van der Waals surface area contributed by atoms with Crippen molar-refractivity contribution < 1.29 is 9.53 Å². The molecule has 0 saturated heterocycles. The topological polar surface area (TPSA) is 50.4 Å². The van der Waals surface area contributed by atoms with E-state index >= 15 is 0 Å². The van der Waals surface area contributed by atoms with E-state index in [1.165, 1.54) is 0 Å². The third-order valence-corrected chi connectivity index (χ3v) is 3.79. The molecule has 0 aliphatic carbocycles. The number of hydrogen-bond acceptors (Lipinski definition) is 2. The Labute approximate surface area is 130 Å². The van der Waals surface area contributed by atoms with Gasteiger partial charge in [0.05, 0.1) is 12.6 Å². The summed E-state index contributed by atoms with van der Waals surface area (Å²) in [5.41, 5.74) is 2.14. The van der Waals surface area contributed by atoms with Crippen LogP contribution >= 0.6 is 0 Å². The number of fused-ring (bicyclic) bond motifs is 1. The van der Waals surface area contributed by atoms with Gasteiger partial charge in [0.15, 0.2) is 0 Å². The summed E-state index contributed by atoms with van der Waals surface area (Å²) in [4.78, 5) is 12.1. The molecule has 0 fully saturated rings. The van der Waals surface area contributed by atoms with Gasteiger partial charge in [-0.2, -0.15) is 0 Å². The number of hydrogen-bond donors (Lipinski definition) is 2. The van der Waals surface area contributed by atoms with E-state index < -0.39 is 0 Å². The molecule has 0 radical (unpaired) electrons. The van der Waals surface area contributed by atoms with Gasteiger partial charge < -0.3 is 15.4 Å². The van der Waals surface area contributed by atoms with Crippen LogP contribution in [0.2, 0.25) is 0 Å². The van der Waals surface area contributed by atoms with Crippen molar-refractivity contribution in [2.45, 2.75) is 25.4 Å². The first kappa shape index (κ1) is 14.4. The van der Waals surface area contributed by atoms with E-state index in [-0.39, 0.29) is 12.1 Å². The Kier molecular flexibility index (Phi) is 4.59. The highest BCUT2D eigenvalue weighted by molar-refractivity contribution is 5.74. The van der Waals surface area contributed by atoms with E-state index in [9.17, 15) is 4.79 Å². The van der Waals surface area contributed by atoms with Crippen molar-refractivity contribution in [2.75, 3.05) is 6.61 Å². The quantitative estimate of drug-likeness (QED) is 0.912. The number of carbonyl (C=O) groups excluding carboxylic acids is 1. The Morgan fingerprint density at radius 3 is 2.73 bits per heavy atom. The molecule has 4 heteroatoms. The minimum absolute atomic E-state index is 0.00512. The molecule has 0 aromatic heterocycles. The normalized spacial score (nSPS) is 16.8. The first-order valence-corrected chi connectivity index (χ1v) is 7.63. The molecule has 114 valence electrons. The Hall–Kier alpha value is -2.49. The van der Waals surface area contributed by atoms with Crippen LogP contribution in [-0.4, -0.2) is 12.6 Å². The molecule has 0 saturated carbocycles. The van der Waals surface area contributed by atoms with E-state index in [4.69, 9.17) is 4.74 Å². The Morgan fingerprint density at radius 2 is 1.86 bits per heavy atom. The third-order valence-electron chi connectivity index (χ3n) is 3.79. The summed E-state index contributed by atoms with van der Waals surface area (Å²) in [6, 6.07) is 17.6. The van der Waals surface area contributed by atoms with E-state index in [0.717, 1.165) is 29.7 Å². The fourth-order valence-electron chi connectivity index (χ4n) is 2.66. The van der Waals surface area contributed by atoms with Gasteiger partial charge in [-0.3, -0.25) is 0 Å². The number of para-hydroxylation sites is 1. The molecular formula is C18H20N2O2. The minimum atomic E-state index is -0.148. The molecule has 1 atom stereocenters. The number of carbonyl (C=O) groups is 1. The minimum Gasteiger partial charge on any atom is -0.493 e. The molecular weight excluding hydrogens is 276 g/mol. The molecule has 2 aromatic rings. The van der Waals surface area contributed by atoms with Crippen molar-refractivity contribution in [3.63, 3.8) is 0 Å². The fraction of sp³-hybridized carbons (Fsp3) is 0.278. The molecule has 1 aliphatic heterocycles. The predicted octanol–water partition coefficient (Wildman–Crippen LogP) is 3.40. The monoisotopic (exact) mass is 296 g/mol. The molecule has 4 nitrogen and oxygen atoms in total. The average Bonchev–Trinajstić information content (AvgIpc) is 2.77. The van der Waals surface area contributed by atoms with Crippen molar-refractivity contribution in [3.8, 4) is 5.75 Å². The summed E-state index contributed by atoms with van der Waals surface area (Å²) in [5.74, 6) is 0.869. The third kappa shape index (κ3) is 3.58. The average molecular weight is 296 g/mol. The smallest absolute Gasteiger partial charge is 0.315 e. The van der Waals surface area contributed by atoms with Gasteiger partial charge in [0.25, 0.3) is 0 Å². The van der Waals surface area contributed by atoms with Crippen molar-refractivity contribution >= 4 is 6.03 Å². The zero-order chi connectivity index (χ0) is 15.2. The van der Waals surface area contributed by atoms with Crippen molar-refractivity contribution in [3.05, 3.63) is 65.7 Å². The van der Waals surface area contributed by atoms with Crippen LogP contribution in [0.4, 0.5) is 4.79 Å². The summed E-state index contributed by atoms with van der Waals surface area (Å²) in [6.07, 6.45) is 1.81. The first-order valence-electron chi connectivity index (χ1n) is 7.63. The second-order valence-corrected chi connectivity index (χ2v) is 5.39. The summed E-state index contributed by atoms with van der Waals surface area (Å²) >= 11 is 0. The predicted molar refractivity (Wildman–Crippen MR) is 85.7 cm³/mol. The lowest BCUT2D eigenvalue weighted by Gasteiger charge is -2.18. The Bertz CT molecular complexity index is 628. The number of amides is 2. The van der Waals surface area contributed by atoms with Crippen molar-refractivity contribution in [1.82, 2.24) is 10.6 Å². The van der Waals surface area contributed by atoms with Crippen LogP contribution in [0, 0.1) is 0 Å². The molecule has 2 aromatic carbocycles. The number of benzene rings is 2. The molecule has 22 heavy (non-hydrogen) atoms. The molecule has 1 aliphatic rings. The Balaban J connectivity index is 1.61. The lowest BCUT2D eigenvalue weighted by atomic mass is 10.0. The van der Waals surface area contributed by atoms with Crippen LogP contribution in [-0.2, 0) is 6.54 Å². The highest BCUT2D eigenvalue weighted by Crippen LogP contribution is 2.30. The van der Waals surface area contributed by atoms with E-state index in [1.807, 2.05) is 54.6 Å². The molecule has 3 rings (SSSR count). The van der Waals surface area contributed by atoms with Crippen LogP contribution in [0.1, 0.15) is 30.0 Å².